The Morgan fingerprint density at radius 2 is 1.82 bits per heavy atom. The molecule has 0 saturated carbocycles. The van der Waals surface area contributed by atoms with Crippen molar-refractivity contribution in [3.63, 3.8) is 0 Å². The van der Waals surface area contributed by atoms with Gasteiger partial charge in [0, 0.05) is 38.8 Å². The van der Waals surface area contributed by atoms with Crippen LogP contribution >= 0.6 is 0 Å². The van der Waals surface area contributed by atoms with Crippen LogP contribution in [0, 0.1) is 5.82 Å². The van der Waals surface area contributed by atoms with E-state index in [-0.39, 0.29) is 11.2 Å². The molecule has 0 unspecified atom stereocenters. The Hall–Kier alpha value is -2.40. The maximum atomic E-state index is 13.8. The van der Waals surface area contributed by atoms with Gasteiger partial charge in [-0.2, -0.15) is 0 Å². The predicted molar refractivity (Wildman–Crippen MR) is 112 cm³/mol. The maximum Gasteiger partial charge on any atom is 0.191 e. The SMILES string of the molecule is CCc1ccccc1CNC(=NC)NCC1(c2cccc(F)c2)CCOCC1. The second-order valence-electron chi connectivity index (χ2n) is 7.30. The molecule has 1 aliphatic heterocycles. The Morgan fingerprint density at radius 3 is 2.50 bits per heavy atom. The summed E-state index contributed by atoms with van der Waals surface area (Å²) in [6.45, 7) is 4.96. The van der Waals surface area contributed by atoms with Gasteiger partial charge in [-0.3, -0.25) is 4.99 Å². The molecule has 0 atom stereocenters. The number of hydrogen-bond donors (Lipinski definition) is 2. The summed E-state index contributed by atoms with van der Waals surface area (Å²) < 4.78 is 19.4. The number of nitrogens with one attached hydrogen (secondary N) is 2. The van der Waals surface area contributed by atoms with Gasteiger partial charge in [-0.25, -0.2) is 4.39 Å². The van der Waals surface area contributed by atoms with E-state index in [1.807, 2.05) is 6.07 Å². The van der Waals surface area contributed by atoms with Gasteiger partial charge in [0.2, 0.25) is 0 Å². The Morgan fingerprint density at radius 1 is 1.07 bits per heavy atom. The van der Waals surface area contributed by atoms with Crippen LogP contribution in [0.1, 0.15) is 36.5 Å². The molecule has 3 rings (SSSR count). The van der Waals surface area contributed by atoms with Crippen molar-refractivity contribution in [3.8, 4) is 0 Å². The van der Waals surface area contributed by atoms with Crippen molar-refractivity contribution in [1.82, 2.24) is 10.6 Å². The number of ether oxygens (including phenoxy) is 1. The quantitative estimate of drug-likeness (QED) is 0.589. The third kappa shape index (κ3) is 4.90. The Balaban J connectivity index is 1.68. The van der Waals surface area contributed by atoms with Gasteiger partial charge in [-0.1, -0.05) is 43.3 Å². The summed E-state index contributed by atoms with van der Waals surface area (Å²) in [5, 5.41) is 6.88. The van der Waals surface area contributed by atoms with Crippen LogP contribution in [0.2, 0.25) is 0 Å². The monoisotopic (exact) mass is 383 g/mol. The lowest BCUT2D eigenvalue weighted by atomic mass is 9.74. The fourth-order valence-corrected chi connectivity index (χ4v) is 3.88. The number of halogens is 1. The van der Waals surface area contributed by atoms with E-state index in [2.05, 4.69) is 46.8 Å². The second kappa shape index (κ2) is 9.69. The molecule has 0 radical (unpaired) electrons. The average molecular weight is 384 g/mol. The summed E-state index contributed by atoms with van der Waals surface area (Å²) in [4.78, 5) is 4.37. The van der Waals surface area contributed by atoms with Gasteiger partial charge >= 0.3 is 0 Å². The number of aliphatic imine (C=N–C) groups is 1. The lowest BCUT2D eigenvalue weighted by Crippen LogP contribution is -2.48. The van der Waals surface area contributed by atoms with E-state index >= 15 is 0 Å². The highest BCUT2D eigenvalue weighted by Crippen LogP contribution is 2.34. The van der Waals surface area contributed by atoms with E-state index in [1.54, 1.807) is 19.2 Å². The van der Waals surface area contributed by atoms with Crippen LogP contribution in [-0.2, 0) is 23.1 Å². The standard InChI is InChI=1S/C23H30FN3O/c1-3-18-7-4-5-8-19(18)16-26-22(25-2)27-17-23(11-13-28-14-12-23)20-9-6-10-21(24)15-20/h4-10,15H,3,11-14,16-17H2,1-2H3,(H2,25,26,27). The van der Waals surface area contributed by atoms with E-state index in [1.165, 1.54) is 17.2 Å². The van der Waals surface area contributed by atoms with Crippen LogP contribution in [0.5, 0.6) is 0 Å². The van der Waals surface area contributed by atoms with Gasteiger partial charge in [-0.15, -0.1) is 0 Å². The summed E-state index contributed by atoms with van der Waals surface area (Å²) in [7, 11) is 1.78. The lowest BCUT2D eigenvalue weighted by molar-refractivity contribution is 0.0513. The van der Waals surface area contributed by atoms with E-state index in [4.69, 9.17) is 4.74 Å². The first kappa shape index (κ1) is 20.3. The van der Waals surface area contributed by atoms with Crippen LogP contribution in [0.15, 0.2) is 53.5 Å². The highest BCUT2D eigenvalue weighted by atomic mass is 19.1. The van der Waals surface area contributed by atoms with Crippen molar-refractivity contribution in [1.29, 1.82) is 0 Å². The molecule has 1 aliphatic rings. The van der Waals surface area contributed by atoms with Crippen molar-refractivity contribution in [3.05, 3.63) is 71.0 Å². The first-order valence-corrected chi connectivity index (χ1v) is 10.0. The van der Waals surface area contributed by atoms with Gasteiger partial charge in [0.15, 0.2) is 5.96 Å². The van der Waals surface area contributed by atoms with Crippen LogP contribution in [-0.4, -0.2) is 32.8 Å². The van der Waals surface area contributed by atoms with Crippen molar-refractivity contribution >= 4 is 5.96 Å². The molecular formula is C23H30FN3O. The van der Waals surface area contributed by atoms with Gasteiger partial charge in [0.05, 0.1) is 0 Å². The highest BCUT2D eigenvalue weighted by molar-refractivity contribution is 5.79. The van der Waals surface area contributed by atoms with Crippen molar-refractivity contribution in [2.75, 3.05) is 26.8 Å². The van der Waals surface area contributed by atoms with Gasteiger partial charge in [0.25, 0.3) is 0 Å². The molecule has 28 heavy (non-hydrogen) atoms. The fourth-order valence-electron chi connectivity index (χ4n) is 3.88. The minimum Gasteiger partial charge on any atom is -0.381 e. The third-order valence-corrected chi connectivity index (χ3v) is 5.65. The summed E-state index contributed by atoms with van der Waals surface area (Å²) in [5.74, 6) is 0.565. The molecule has 2 aromatic rings. The number of benzene rings is 2. The fraction of sp³-hybridized carbons (Fsp3) is 0.435. The molecule has 2 N–H and O–H groups in total. The average Bonchev–Trinajstić information content (AvgIpc) is 2.75. The van der Waals surface area contributed by atoms with Crippen molar-refractivity contribution < 1.29 is 9.13 Å². The van der Waals surface area contributed by atoms with E-state index < -0.39 is 0 Å². The zero-order chi connectivity index (χ0) is 19.8. The smallest absolute Gasteiger partial charge is 0.191 e. The Kier molecular flexibility index (Phi) is 7.04. The third-order valence-electron chi connectivity index (χ3n) is 5.65. The van der Waals surface area contributed by atoms with Gasteiger partial charge in [-0.05, 0) is 48.1 Å². The summed E-state index contributed by atoms with van der Waals surface area (Å²) in [5.41, 5.74) is 3.49. The van der Waals surface area contributed by atoms with Gasteiger partial charge < -0.3 is 15.4 Å². The Bertz CT molecular complexity index is 800. The van der Waals surface area contributed by atoms with Crippen LogP contribution in [0.3, 0.4) is 0 Å². The molecule has 1 fully saturated rings. The van der Waals surface area contributed by atoms with Crippen molar-refractivity contribution in [2.24, 2.45) is 4.99 Å². The molecular weight excluding hydrogens is 353 g/mol. The van der Waals surface area contributed by atoms with Gasteiger partial charge in [0.1, 0.15) is 5.82 Å². The number of aryl methyl sites for hydroxylation is 1. The number of hydrogen-bond acceptors (Lipinski definition) is 2. The topological polar surface area (TPSA) is 45.7 Å². The molecule has 1 saturated heterocycles. The molecule has 1 heterocycles. The predicted octanol–water partition coefficient (Wildman–Crippen LogP) is 3.80. The maximum absolute atomic E-state index is 13.8. The first-order chi connectivity index (χ1) is 13.7. The Labute approximate surface area is 167 Å². The lowest BCUT2D eigenvalue weighted by Gasteiger charge is -2.38. The zero-order valence-electron chi connectivity index (χ0n) is 16.8. The van der Waals surface area contributed by atoms with Crippen LogP contribution in [0.25, 0.3) is 0 Å². The molecule has 5 heteroatoms. The molecule has 0 aromatic heterocycles. The molecule has 0 spiro atoms. The normalized spacial score (nSPS) is 16.6. The zero-order valence-corrected chi connectivity index (χ0v) is 16.8. The molecule has 2 aromatic carbocycles. The number of guanidine groups is 1. The minimum absolute atomic E-state index is 0.153. The summed E-state index contributed by atoms with van der Waals surface area (Å²) >= 11 is 0. The molecule has 0 bridgehead atoms. The van der Waals surface area contributed by atoms with Crippen LogP contribution in [0.4, 0.5) is 4.39 Å². The largest absolute Gasteiger partial charge is 0.381 e. The van der Waals surface area contributed by atoms with Crippen LogP contribution < -0.4 is 10.6 Å². The molecule has 4 nitrogen and oxygen atoms in total. The molecule has 150 valence electrons. The summed E-state index contributed by atoms with van der Waals surface area (Å²) in [6, 6.07) is 15.4. The molecule has 0 aliphatic carbocycles. The first-order valence-electron chi connectivity index (χ1n) is 10.0. The minimum atomic E-state index is -0.193. The second-order valence-corrected chi connectivity index (χ2v) is 7.30. The van der Waals surface area contributed by atoms with E-state index in [0.29, 0.717) is 19.8 Å². The highest BCUT2D eigenvalue weighted by Gasteiger charge is 2.34. The number of nitrogens with zero attached hydrogens (tertiary/aromatic N) is 1. The van der Waals surface area contributed by atoms with Crippen molar-refractivity contribution in [2.45, 2.75) is 38.1 Å². The molecule has 0 amide bonds. The number of rotatable bonds is 6. The van der Waals surface area contributed by atoms with E-state index in [9.17, 15) is 4.39 Å². The van der Waals surface area contributed by atoms with E-state index in [0.717, 1.165) is 37.3 Å². The summed E-state index contributed by atoms with van der Waals surface area (Å²) in [6.07, 6.45) is 2.73.